The number of carbonyl (C=O) groups excluding carboxylic acids is 2. The number of carbonyl (C=O) groups is 2. The molecule has 116 valence electrons. The van der Waals surface area contributed by atoms with E-state index in [-0.39, 0.29) is 18.2 Å². The van der Waals surface area contributed by atoms with Crippen molar-refractivity contribution < 1.29 is 14.1 Å². The van der Waals surface area contributed by atoms with Crippen molar-refractivity contribution in [3.8, 4) is 11.8 Å². The molecule has 1 amide bonds. The van der Waals surface area contributed by atoms with Crippen LogP contribution in [0.25, 0.3) is 0 Å². The van der Waals surface area contributed by atoms with Gasteiger partial charge in [-0.2, -0.15) is 0 Å². The Morgan fingerprint density at radius 2 is 2.04 bits per heavy atom. The van der Waals surface area contributed by atoms with Crippen LogP contribution in [-0.4, -0.2) is 23.4 Å². The Hall–Kier alpha value is -2.87. The fourth-order valence-corrected chi connectivity index (χ4v) is 2.11. The van der Waals surface area contributed by atoms with Crippen molar-refractivity contribution in [3.63, 3.8) is 0 Å². The molecule has 1 aliphatic carbocycles. The number of benzene rings is 1. The molecule has 1 aromatic carbocycles. The first-order valence-electron chi connectivity index (χ1n) is 7.48. The largest absolute Gasteiger partial charge is 0.360 e. The van der Waals surface area contributed by atoms with Gasteiger partial charge in [0.1, 0.15) is 5.76 Å². The molecule has 1 aromatic heterocycles. The zero-order valence-electron chi connectivity index (χ0n) is 12.8. The number of Topliss-reactive ketones (excluding diaryl/α,β-unsaturated/α-hetero) is 1. The number of aromatic nitrogens is 1. The quantitative estimate of drug-likeness (QED) is 0.696. The van der Waals surface area contributed by atoms with Gasteiger partial charge < -0.3 is 9.84 Å². The van der Waals surface area contributed by atoms with Gasteiger partial charge in [0, 0.05) is 23.1 Å². The molecule has 1 fully saturated rings. The summed E-state index contributed by atoms with van der Waals surface area (Å²) in [6.07, 6.45) is 2.20. The highest BCUT2D eigenvalue weighted by atomic mass is 16.5. The third-order valence-corrected chi connectivity index (χ3v) is 3.60. The smallest absolute Gasteiger partial charge is 0.274 e. The van der Waals surface area contributed by atoms with Crippen LogP contribution < -0.4 is 5.32 Å². The van der Waals surface area contributed by atoms with Crippen molar-refractivity contribution in [2.24, 2.45) is 0 Å². The molecule has 1 heterocycles. The number of ketones is 1. The normalized spacial score (nSPS) is 13.1. The summed E-state index contributed by atoms with van der Waals surface area (Å²) in [7, 11) is 0. The second kappa shape index (κ2) is 6.49. The van der Waals surface area contributed by atoms with Gasteiger partial charge in [-0.05, 0) is 31.9 Å². The Bertz CT molecular complexity index is 790. The molecule has 2 aromatic rings. The van der Waals surface area contributed by atoms with Crippen LogP contribution >= 0.6 is 0 Å². The molecule has 23 heavy (non-hydrogen) atoms. The van der Waals surface area contributed by atoms with E-state index >= 15 is 0 Å². The maximum absolute atomic E-state index is 11.9. The summed E-state index contributed by atoms with van der Waals surface area (Å²) in [6, 6.07) is 8.73. The molecule has 5 nitrogen and oxygen atoms in total. The second-order valence-electron chi connectivity index (χ2n) is 5.51. The van der Waals surface area contributed by atoms with Gasteiger partial charge in [-0.3, -0.25) is 9.59 Å². The first kappa shape index (κ1) is 15.0. The summed E-state index contributed by atoms with van der Waals surface area (Å²) >= 11 is 0. The molecule has 0 spiro atoms. The minimum atomic E-state index is -0.290. The third-order valence-electron chi connectivity index (χ3n) is 3.60. The first-order chi connectivity index (χ1) is 11.1. The average molecular weight is 308 g/mol. The number of nitrogens with zero attached hydrogens (tertiary/aromatic N) is 1. The molecule has 0 saturated heterocycles. The molecule has 0 bridgehead atoms. The molecule has 1 N–H and O–H groups in total. The second-order valence-corrected chi connectivity index (χ2v) is 5.51. The van der Waals surface area contributed by atoms with Gasteiger partial charge in [0.25, 0.3) is 5.91 Å². The first-order valence-corrected chi connectivity index (χ1v) is 7.48. The van der Waals surface area contributed by atoms with Crippen LogP contribution in [0.5, 0.6) is 0 Å². The highest BCUT2D eigenvalue weighted by molar-refractivity contribution is 5.94. The lowest BCUT2D eigenvalue weighted by atomic mass is 10.1. The standard InChI is InChI=1S/C18H16N2O3/c1-12(21)14-6-4-13(5-7-14)3-2-10-19-18(22)16-11-17(23-20-16)15-8-9-15/h4-7,11,15H,8-10H2,1H3,(H,19,22). The summed E-state index contributed by atoms with van der Waals surface area (Å²) in [6.45, 7) is 1.74. The molecule has 1 aliphatic rings. The fourth-order valence-electron chi connectivity index (χ4n) is 2.11. The van der Waals surface area contributed by atoms with Crippen LogP contribution in [0.2, 0.25) is 0 Å². The van der Waals surface area contributed by atoms with Crippen molar-refractivity contribution in [1.82, 2.24) is 10.5 Å². The van der Waals surface area contributed by atoms with Crippen LogP contribution in [-0.2, 0) is 0 Å². The van der Waals surface area contributed by atoms with E-state index < -0.39 is 0 Å². The van der Waals surface area contributed by atoms with E-state index in [9.17, 15) is 9.59 Å². The van der Waals surface area contributed by atoms with Gasteiger partial charge in [-0.25, -0.2) is 0 Å². The molecule has 0 unspecified atom stereocenters. The number of hydrogen-bond acceptors (Lipinski definition) is 4. The van der Waals surface area contributed by atoms with Gasteiger partial charge >= 0.3 is 0 Å². The number of hydrogen-bond donors (Lipinski definition) is 1. The Kier molecular flexibility index (Phi) is 4.24. The van der Waals surface area contributed by atoms with Crippen LogP contribution in [0, 0.1) is 11.8 Å². The molecular formula is C18H16N2O3. The molecule has 0 aliphatic heterocycles. The third kappa shape index (κ3) is 3.86. The molecule has 5 heteroatoms. The van der Waals surface area contributed by atoms with Gasteiger partial charge in [0.15, 0.2) is 11.5 Å². The lowest BCUT2D eigenvalue weighted by Gasteiger charge is -1.96. The van der Waals surface area contributed by atoms with Gasteiger partial charge in [0.2, 0.25) is 0 Å². The highest BCUT2D eigenvalue weighted by Gasteiger charge is 2.28. The molecular weight excluding hydrogens is 292 g/mol. The Morgan fingerprint density at radius 1 is 1.30 bits per heavy atom. The predicted molar refractivity (Wildman–Crippen MR) is 84.1 cm³/mol. The van der Waals surface area contributed by atoms with Crippen LogP contribution in [0.3, 0.4) is 0 Å². The zero-order chi connectivity index (χ0) is 16.2. The predicted octanol–water partition coefficient (Wildman–Crippen LogP) is 2.54. The van der Waals surface area contributed by atoms with Crippen molar-refractivity contribution in [1.29, 1.82) is 0 Å². The number of nitrogens with one attached hydrogen (secondary N) is 1. The fraction of sp³-hybridized carbons (Fsp3) is 0.278. The molecule has 0 atom stereocenters. The summed E-state index contributed by atoms with van der Waals surface area (Å²) in [5.41, 5.74) is 1.74. The van der Waals surface area contributed by atoms with Crippen molar-refractivity contribution in [2.45, 2.75) is 25.7 Å². The van der Waals surface area contributed by atoms with Gasteiger partial charge in [-0.15, -0.1) is 0 Å². The van der Waals surface area contributed by atoms with E-state index in [1.165, 1.54) is 6.92 Å². The maximum Gasteiger partial charge on any atom is 0.274 e. The Morgan fingerprint density at radius 3 is 2.70 bits per heavy atom. The average Bonchev–Trinajstić information content (AvgIpc) is 3.29. The van der Waals surface area contributed by atoms with Crippen molar-refractivity contribution in [3.05, 3.63) is 52.9 Å². The topological polar surface area (TPSA) is 72.2 Å². The maximum atomic E-state index is 11.9. The van der Waals surface area contributed by atoms with Crippen molar-refractivity contribution >= 4 is 11.7 Å². The highest BCUT2D eigenvalue weighted by Crippen LogP contribution is 2.40. The number of amides is 1. The number of rotatable bonds is 4. The zero-order valence-corrected chi connectivity index (χ0v) is 12.8. The summed E-state index contributed by atoms with van der Waals surface area (Å²) < 4.78 is 5.14. The van der Waals surface area contributed by atoms with E-state index in [0.717, 1.165) is 24.2 Å². The Balaban J connectivity index is 1.52. The SMILES string of the molecule is CC(=O)c1ccc(C#CCNC(=O)c2cc(C3CC3)on2)cc1. The van der Waals surface area contributed by atoms with E-state index in [2.05, 4.69) is 22.3 Å². The lowest BCUT2D eigenvalue weighted by Crippen LogP contribution is -2.23. The van der Waals surface area contributed by atoms with Crippen LogP contribution in [0.15, 0.2) is 34.9 Å². The van der Waals surface area contributed by atoms with Crippen LogP contribution in [0.1, 0.15) is 57.9 Å². The minimum absolute atomic E-state index is 0.0231. The monoisotopic (exact) mass is 308 g/mol. The lowest BCUT2D eigenvalue weighted by molar-refractivity contribution is 0.0948. The van der Waals surface area contributed by atoms with E-state index in [1.807, 2.05) is 0 Å². The van der Waals surface area contributed by atoms with Crippen LogP contribution in [0.4, 0.5) is 0 Å². The van der Waals surface area contributed by atoms with E-state index in [1.54, 1.807) is 30.3 Å². The molecule has 1 saturated carbocycles. The minimum Gasteiger partial charge on any atom is -0.360 e. The van der Waals surface area contributed by atoms with Gasteiger partial charge in [0.05, 0.1) is 6.54 Å². The summed E-state index contributed by atoms with van der Waals surface area (Å²) in [5.74, 6) is 6.75. The molecule has 0 radical (unpaired) electrons. The molecule has 3 rings (SSSR count). The summed E-state index contributed by atoms with van der Waals surface area (Å²) in [4.78, 5) is 23.1. The van der Waals surface area contributed by atoms with E-state index in [0.29, 0.717) is 17.2 Å². The summed E-state index contributed by atoms with van der Waals surface area (Å²) in [5, 5.41) is 6.46. The van der Waals surface area contributed by atoms with E-state index in [4.69, 9.17) is 4.52 Å². The van der Waals surface area contributed by atoms with Crippen molar-refractivity contribution in [2.75, 3.05) is 6.54 Å². The Labute approximate surface area is 134 Å². The van der Waals surface area contributed by atoms with Gasteiger partial charge in [-0.1, -0.05) is 29.1 Å².